The Hall–Kier alpha value is 0.0296. The van der Waals surface area contributed by atoms with E-state index in [0.717, 1.165) is 0 Å². The Morgan fingerprint density at radius 2 is 0.520 bits per heavy atom. The number of hydrogen-bond acceptors (Lipinski definition) is 0. The van der Waals surface area contributed by atoms with Crippen molar-refractivity contribution in [2.45, 2.75) is 78.6 Å². The third kappa shape index (κ3) is 14.8. The summed E-state index contributed by atoms with van der Waals surface area (Å²) in [6, 6.07) is 0. The van der Waals surface area contributed by atoms with E-state index in [2.05, 4.69) is 115 Å². The van der Waals surface area contributed by atoms with Crippen LogP contribution in [0.25, 0.3) is 0 Å². The van der Waals surface area contributed by atoms with Gasteiger partial charge in [-0.1, -0.05) is 0 Å². The molecule has 0 rings (SSSR count). The van der Waals surface area contributed by atoms with Crippen LogP contribution in [0.5, 0.6) is 0 Å². The summed E-state index contributed by atoms with van der Waals surface area (Å²) in [6.07, 6.45) is 0. The van der Waals surface area contributed by atoms with Crippen molar-refractivity contribution in [3.63, 3.8) is 0 Å². The van der Waals surface area contributed by atoms with Gasteiger partial charge in [-0.3, -0.25) is 0 Å². The summed E-state index contributed by atoms with van der Waals surface area (Å²) in [5, 5.41) is 0. The topological polar surface area (TPSA) is 0 Å². The molecule has 0 saturated carbocycles. The first-order valence-electron chi connectivity index (χ1n) is 9.00. The van der Waals surface area contributed by atoms with Crippen LogP contribution in [0.2, 0.25) is 78.6 Å². The van der Waals surface area contributed by atoms with Gasteiger partial charge >= 0.3 is 168 Å². The summed E-state index contributed by atoms with van der Waals surface area (Å²) >= 11 is -3.60. The van der Waals surface area contributed by atoms with Crippen LogP contribution in [0, 0.1) is 36.1 Å². The standard InChI is InChI=1S/4C5H9Si.Pb/c4*1-5-6(2,3)4;/h4*2-4H3;. The van der Waals surface area contributed by atoms with Crippen molar-refractivity contribution in [3.8, 4) is 36.1 Å². The minimum absolute atomic E-state index is 1.47. The summed E-state index contributed by atoms with van der Waals surface area (Å²) in [6.45, 7) is 27.5. The van der Waals surface area contributed by atoms with Gasteiger partial charge in [-0.05, 0) is 0 Å². The molecule has 0 aliphatic carbocycles. The molecule has 0 N–H and O–H groups in total. The molecule has 0 nitrogen and oxygen atoms in total. The van der Waals surface area contributed by atoms with Gasteiger partial charge in [0.05, 0.1) is 0 Å². The van der Waals surface area contributed by atoms with E-state index in [4.69, 9.17) is 0 Å². The van der Waals surface area contributed by atoms with Crippen LogP contribution in [0.4, 0.5) is 0 Å². The molecule has 0 aromatic carbocycles. The van der Waals surface area contributed by atoms with E-state index in [9.17, 15) is 0 Å². The van der Waals surface area contributed by atoms with Crippen LogP contribution in [0.15, 0.2) is 0 Å². The van der Waals surface area contributed by atoms with Crippen molar-refractivity contribution < 1.29 is 0 Å². The van der Waals surface area contributed by atoms with Crippen LogP contribution in [0.3, 0.4) is 0 Å². The molecule has 0 spiro atoms. The average Bonchev–Trinajstić information content (AvgIpc) is 2.33. The molecule has 0 fully saturated rings. The van der Waals surface area contributed by atoms with Crippen LogP contribution in [0.1, 0.15) is 0 Å². The Kier molecular flexibility index (Phi) is 8.82. The van der Waals surface area contributed by atoms with Gasteiger partial charge in [0.25, 0.3) is 0 Å². The van der Waals surface area contributed by atoms with Crippen molar-refractivity contribution in [2.24, 2.45) is 0 Å². The first kappa shape index (κ1) is 25.0. The van der Waals surface area contributed by atoms with Gasteiger partial charge < -0.3 is 0 Å². The molecule has 0 aliphatic rings. The Balaban J connectivity index is 6.66. The van der Waals surface area contributed by atoms with E-state index in [0.29, 0.717) is 0 Å². The molecule has 0 aliphatic heterocycles. The second-order valence-electron chi connectivity index (χ2n) is 10.8. The molecule has 0 saturated heterocycles. The van der Waals surface area contributed by atoms with Crippen molar-refractivity contribution in [1.82, 2.24) is 0 Å². The van der Waals surface area contributed by atoms with Crippen LogP contribution < -0.4 is 0 Å². The summed E-state index contributed by atoms with van der Waals surface area (Å²) in [5.41, 5.74) is 14.4. The van der Waals surface area contributed by atoms with Crippen LogP contribution in [-0.4, -0.2) is 53.5 Å². The van der Waals surface area contributed by atoms with E-state index < -0.39 is 53.5 Å². The third-order valence-electron chi connectivity index (χ3n) is 2.50. The Morgan fingerprint density at radius 3 is 0.640 bits per heavy atom. The van der Waals surface area contributed by atoms with E-state index in [1.54, 1.807) is 0 Å². The number of rotatable bonds is 0. The summed E-state index contributed by atoms with van der Waals surface area (Å²) in [7, 11) is -5.87. The molecule has 0 aromatic heterocycles. The average molecular weight is 596 g/mol. The van der Waals surface area contributed by atoms with Crippen LogP contribution >= 0.6 is 0 Å². The Morgan fingerprint density at radius 1 is 0.360 bits per heavy atom. The first-order chi connectivity index (χ1) is 10.8. The molecule has 0 unspecified atom stereocenters. The van der Waals surface area contributed by atoms with Crippen molar-refractivity contribution in [3.05, 3.63) is 0 Å². The quantitative estimate of drug-likeness (QED) is 0.270. The van der Waals surface area contributed by atoms with Gasteiger partial charge in [0.2, 0.25) is 0 Å². The zero-order valence-corrected chi connectivity index (χ0v) is 26.4. The zero-order valence-electron chi connectivity index (χ0n) is 18.5. The second kappa shape index (κ2) is 8.81. The molecular weight excluding hydrogens is 560 g/mol. The molecule has 0 bridgehead atoms. The normalized spacial score (nSPS) is 12.3. The van der Waals surface area contributed by atoms with Gasteiger partial charge in [0, 0.05) is 0 Å². The number of hydrogen-bond donors (Lipinski definition) is 0. The zero-order chi connectivity index (χ0) is 20.2. The maximum atomic E-state index is 3.67. The Labute approximate surface area is 167 Å². The van der Waals surface area contributed by atoms with E-state index in [1.807, 2.05) is 0 Å². The van der Waals surface area contributed by atoms with Gasteiger partial charge in [-0.2, -0.15) is 0 Å². The molecule has 5 heteroatoms. The fraction of sp³-hybridized carbons (Fsp3) is 0.600. The third-order valence-corrected chi connectivity index (χ3v) is 17.7. The molecular formula is C20H36PbSi4. The molecule has 0 radical (unpaired) electrons. The summed E-state index contributed by atoms with van der Waals surface area (Å²) < 4.78 is 14.7. The molecule has 0 amide bonds. The Bertz CT molecular complexity index is 589. The molecule has 0 atom stereocenters. The van der Waals surface area contributed by atoms with Gasteiger partial charge in [-0.25, -0.2) is 0 Å². The molecule has 0 heterocycles. The van der Waals surface area contributed by atoms with Crippen molar-refractivity contribution in [1.29, 1.82) is 0 Å². The van der Waals surface area contributed by atoms with Gasteiger partial charge in [0.15, 0.2) is 0 Å². The first-order valence-corrected chi connectivity index (χ1v) is 30.8. The maximum absolute atomic E-state index is 3.67. The molecule has 136 valence electrons. The molecule has 25 heavy (non-hydrogen) atoms. The van der Waals surface area contributed by atoms with Gasteiger partial charge in [-0.15, -0.1) is 0 Å². The SMILES string of the molecule is C[Si](C)(C)C#[C][Pb]([C]#C[Si](C)(C)C)([C]#C[Si](C)(C)C)[C]#C[Si](C)(C)C. The fourth-order valence-corrected chi connectivity index (χ4v) is 31.3. The van der Waals surface area contributed by atoms with E-state index in [1.165, 1.54) is 0 Å². The summed E-state index contributed by atoms with van der Waals surface area (Å²) in [4.78, 5) is 0. The van der Waals surface area contributed by atoms with E-state index in [-0.39, 0.29) is 0 Å². The predicted octanol–water partition coefficient (Wildman–Crippen LogP) is 5.12. The molecule has 0 aromatic rings. The van der Waals surface area contributed by atoms with E-state index >= 15 is 0 Å². The summed E-state index contributed by atoms with van der Waals surface area (Å²) in [5.74, 6) is 0. The predicted molar refractivity (Wildman–Crippen MR) is 130 cm³/mol. The second-order valence-corrected chi connectivity index (χ2v) is 39.5. The van der Waals surface area contributed by atoms with Gasteiger partial charge in [0.1, 0.15) is 0 Å². The minimum atomic E-state index is -3.60. The monoisotopic (exact) mass is 596 g/mol. The fourth-order valence-electron chi connectivity index (χ4n) is 1.31. The van der Waals surface area contributed by atoms with Crippen molar-refractivity contribution >= 4 is 53.5 Å². The van der Waals surface area contributed by atoms with Crippen molar-refractivity contribution in [2.75, 3.05) is 0 Å². The van der Waals surface area contributed by atoms with Crippen LogP contribution in [-0.2, 0) is 0 Å².